The Bertz CT molecular complexity index is 383. The third kappa shape index (κ3) is 4.57. The van der Waals surface area contributed by atoms with Crippen LogP contribution in [0.3, 0.4) is 0 Å². The highest BCUT2D eigenvalue weighted by Gasteiger charge is 2.41. The van der Waals surface area contributed by atoms with E-state index in [4.69, 9.17) is 5.11 Å². The highest BCUT2D eigenvalue weighted by molar-refractivity contribution is 5.78. The summed E-state index contributed by atoms with van der Waals surface area (Å²) < 4.78 is 37.2. The largest absolute Gasteiger partial charge is 0.481 e. The number of nitrogens with zero attached hydrogens (tertiary/aromatic N) is 1. The van der Waals surface area contributed by atoms with Gasteiger partial charge in [-0.2, -0.15) is 13.2 Å². The maximum Gasteiger partial charge on any atom is 0.406 e. The fraction of sp³-hybridized carbons (Fsp3) is 0.833. The molecule has 1 atom stereocenters. The van der Waals surface area contributed by atoms with Gasteiger partial charge in [0.25, 0.3) is 0 Å². The quantitative estimate of drug-likeness (QED) is 0.789. The Morgan fingerprint density at radius 1 is 1.35 bits per heavy atom. The zero-order valence-corrected chi connectivity index (χ0v) is 11.5. The molecule has 8 heteroatoms. The fourth-order valence-electron chi connectivity index (χ4n) is 1.67. The van der Waals surface area contributed by atoms with E-state index < -0.39 is 36.2 Å². The molecule has 1 fully saturated rings. The summed E-state index contributed by atoms with van der Waals surface area (Å²) in [5, 5.41) is 11.4. The van der Waals surface area contributed by atoms with E-state index in [1.54, 1.807) is 6.92 Å². The number of hydrogen-bond donors (Lipinski definition) is 2. The maximum absolute atomic E-state index is 12.4. The van der Waals surface area contributed by atoms with Crippen LogP contribution in [0.1, 0.15) is 33.1 Å². The molecule has 1 rings (SSSR count). The molecule has 0 saturated heterocycles. The Morgan fingerprint density at radius 3 is 2.25 bits per heavy atom. The van der Waals surface area contributed by atoms with Crippen molar-refractivity contribution in [2.75, 3.05) is 13.1 Å². The normalized spacial score (nSPS) is 18.2. The lowest BCUT2D eigenvalue weighted by molar-refractivity contribution is -0.148. The summed E-state index contributed by atoms with van der Waals surface area (Å²) >= 11 is 0. The molecular weight excluding hydrogens is 277 g/mol. The molecular formula is C12H19F3N2O3. The second-order valence-electron chi connectivity index (χ2n) is 5.35. The smallest absolute Gasteiger partial charge is 0.406 e. The second kappa shape index (κ2) is 5.88. The van der Waals surface area contributed by atoms with Crippen LogP contribution in [-0.2, 0) is 4.79 Å². The molecule has 0 aromatic rings. The summed E-state index contributed by atoms with van der Waals surface area (Å²) in [5.74, 6) is -1.09. The molecule has 0 bridgehead atoms. The Morgan fingerprint density at radius 2 is 1.90 bits per heavy atom. The van der Waals surface area contributed by atoms with Crippen LogP contribution >= 0.6 is 0 Å². The minimum Gasteiger partial charge on any atom is -0.481 e. The van der Waals surface area contributed by atoms with E-state index in [1.165, 1.54) is 6.92 Å². The first-order valence-corrected chi connectivity index (χ1v) is 6.43. The van der Waals surface area contributed by atoms with Gasteiger partial charge in [-0.1, -0.05) is 6.92 Å². The number of aliphatic carboxylic acids is 1. The number of alkyl halides is 3. The predicted molar refractivity (Wildman–Crippen MR) is 65.2 cm³/mol. The molecule has 0 aromatic carbocycles. The number of carbonyl (C=O) groups is 2. The lowest BCUT2D eigenvalue weighted by Gasteiger charge is -2.28. The van der Waals surface area contributed by atoms with Crippen molar-refractivity contribution in [3.05, 3.63) is 0 Å². The molecule has 0 aliphatic heterocycles. The van der Waals surface area contributed by atoms with Crippen LogP contribution in [0.4, 0.5) is 18.0 Å². The van der Waals surface area contributed by atoms with Gasteiger partial charge in [-0.25, -0.2) is 4.79 Å². The van der Waals surface area contributed by atoms with Gasteiger partial charge in [0.1, 0.15) is 6.54 Å². The van der Waals surface area contributed by atoms with Crippen molar-refractivity contribution in [1.29, 1.82) is 0 Å². The lowest BCUT2D eigenvalue weighted by atomic mass is 9.88. The van der Waals surface area contributed by atoms with Crippen LogP contribution < -0.4 is 5.32 Å². The summed E-state index contributed by atoms with van der Waals surface area (Å²) in [6.07, 6.45) is -3.09. The molecule has 0 spiro atoms. The van der Waals surface area contributed by atoms with Crippen molar-refractivity contribution in [2.45, 2.75) is 45.3 Å². The first-order chi connectivity index (χ1) is 9.09. The van der Waals surface area contributed by atoms with Crippen molar-refractivity contribution in [2.24, 2.45) is 5.41 Å². The van der Waals surface area contributed by atoms with Gasteiger partial charge in [-0.05, 0) is 26.2 Å². The molecule has 2 amide bonds. The van der Waals surface area contributed by atoms with Crippen LogP contribution in [0.5, 0.6) is 0 Å². The van der Waals surface area contributed by atoms with E-state index in [-0.39, 0.29) is 13.0 Å². The van der Waals surface area contributed by atoms with Crippen LogP contribution in [0.25, 0.3) is 0 Å². The number of carbonyl (C=O) groups excluding carboxylic acids is 1. The summed E-state index contributed by atoms with van der Waals surface area (Å²) in [6, 6.07) is -1.25. The van der Waals surface area contributed by atoms with Crippen molar-refractivity contribution in [3.63, 3.8) is 0 Å². The van der Waals surface area contributed by atoms with Gasteiger partial charge in [0.05, 0.1) is 5.41 Å². The average Bonchev–Trinajstić information content (AvgIpc) is 3.15. The van der Waals surface area contributed by atoms with E-state index in [9.17, 15) is 22.8 Å². The molecule has 1 aliphatic rings. The minimum atomic E-state index is -4.46. The van der Waals surface area contributed by atoms with Crippen LogP contribution in [-0.4, -0.2) is 47.3 Å². The maximum atomic E-state index is 12.4. The highest BCUT2D eigenvalue weighted by Crippen LogP contribution is 2.30. The molecule has 1 aliphatic carbocycles. The Labute approximate surface area is 115 Å². The number of rotatable bonds is 6. The first-order valence-electron chi connectivity index (χ1n) is 6.43. The van der Waals surface area contributed by atoms with E-state index >= 15 is 0 Å². The highest BCUT2D eigenvalue weighted by atomic mass is 19.4. The number of hydrogen-bond acceptors (Lipinski definition) is 2. The Hall–Kier alpha value is -1.47. The topological polar surface area (TPSA) is 69.6 Å². The molecule has 0 radical (unpaired) electrons. The number of urea groups is 1. The van der Waals surface area contributed by atoms with Gasteiger partial charge < -0.3 is 15.3 Å². The van der Waals surface area contributed by atoms with Crippen molar-refractivity contribution < 1.29 is 27.9 Å². The third-order valence-electron chi connectivity index (χ3n) is 3.52. The summed E-state index contributed by atoms with van der Waals surface area (Å²) in [5.41, 5.74) is -1.18. The predicted octanol–water partition coefficient (Wildman–Crippen LogP) is 2.22. The third-order valence-corrected chi connectivity index (χ3v) is 3.52. The van der Waals surface area contributed by atoms with Crippen molar-refractivity contribution in [1.82, 2.24) is 10.2 Å². The van der Waals surface area contributed by atoms with Gasteiger partial charge in [0.15, 0.2) is 0 Å². The number of amides is 2. The molecule has 0 aromatic heterocycles. The fourth-order valence-corrected chi connectivity index (χ4v) is 1.67. The Kier molecular flexibility index (Phi) is 4.88. The van der Waals surface area contributed by atoms with E-state index in [0.717, 1.165) is 4.90 Å². The molecule has 1 saturated carbocycles. The van der Waals surface area contributed by atoms with Gasteiger partial charge in [-0.15, -0.1) is 0 Å². The van der Waals surface area contributed by atoms with Crippen LogP contribution in [0, 0.1) is 5.41 Å². The summed E-state index contributed by atoms with van der Waals surface area (Å²) in [4.78, 5) is 23.6. The molecule has 20 heavy (non-hydrogen) atoms. The number of halogens is 3. The van der Waals surface area contributed by atoms with E-state index in [0.29, 0.717) is 12.8 Å². The first kappa shape index (κ1) is 16.6. The van der Waals surface area contributed by atoms with Crippen LogP contribution in [0.2, 0.25) is 0 Å². The molecule has 5 nitrogen and oxygen atoms in total. The summed E-state index contributed by atoms with van der Waals surface area (Å²) in [7, 11) is 0. The molecule has 116 valence electrons. The summed E-state index contributed by atoms with van der Waals surface area (Å²) in [6.45, 7) is 1.59. The van der Waals surface area contributed by atoms with Crippen LogP contribution in [0.15, 0.2) is 0 Å². The van der Waals surface area contributed by atoms with Gasteiger partial charge in [0, 0.05) is 12.6 Å². The zero-order chi connectivity index (χ0) is 15.6. The SMILES string of the molecule is CCC(C)(CNC(=O)N(CC(F)(F)F)C1CC1)C(=O)O. The number of nitrogens with one attached hydrogen (secondary N) is 1. The molecule has 2 N–H and O–H groups in total. The van der Waals surface area contributed by atoms with E-state index in [2.05, 4.69) is 5.32 Å². The monoisotopic (exact) mass is 296 g/mol. The van der Waals surface area contributed by atoms with Crippen molar-refractivity contribution >= 4 is 12.0 Å². The van der Waals surface area contributed by atoms with Gasteiger partial charge in [-0.3, -0.25) is 4.79 Å². The standard InChI is InChI=1S/C12H19F3N2O3/c1-3-11(2,9(18)19)6-16-10(20)17(8-4-5-8)7-12(13,14)15/h8H,3-7H2,1-2H3,(H,16,20)(H,18,19). The second-order valence-corrected chi connectivity index (χ2v) is 5.35. The zero-order valence-electron chi connectivity index (χ0n) is 11.5. The average molecular weight is 296 g/mol. The number of carboxylic acids is 1. The minimum absolute atomic E-state index is 0.196. The molecule has 0 heterocycles. The van der Waals surface area contributed by atoms with Gasteiger partial charge >= 0.3 is 18.2 Å². The van der Waals surface area contributed by atoms with Crippen molar-refractivity contribution in [3.8, 4) is 0 Å². The molecule has 1 unspecified atom stereocenters. The van der Waals surface area contributed by atoms with E-state index in [1.807, 2.05) is 0 Å². The Balaban J connectivity index is 2.61. The lowest BCUT2D eigenvalue weighted by Crippen LogP contribution is -2.49. The number of carboxylic acid groups (broad SMARTS) is 1. The van der Waals surface area contributed by atoms with Gasteiger partial charge in [0.2, 0.25) is 0 Å².